The van der Waals surface area contributed by atoms with Gasteiger partial charge in [-0.05, 0) is 47.0 Å². The zero-order valence-electron chi connectivity index (χ0n) is 22.0. The summed E-state index contributed by atoms with van der Waals surface area (Å²) in [4.78, 5) is 41.7. The van der Waals surface area contributed by atoms with Gasteiger partial charge in [0.05, 0.1) is 29.8 Å². The van der Waals surface area contributed by atoms with Gasteiger partial charge in [0, 0.05) is 30.0 Å². The molecule has 1 aliphatic rings. The third-order valence-corrected chi connectivity index (χ3v) is 7.39. The van der Waals surface area contributed by atoms with Crippen LogP contribution in [0.25, 0.3) is 11.1 Å². The second kappa shape index (κ2) is 12.3. The van der Waals surface area contributed by atoms with Crippen LogP contribution < -0.4 is 10.2 Å². The van der Waals surface area contributed by atoms with Gasteiger partial charge in [-0.2, -0.15) is 0 Å². The fraction of sp³-hybridized carbons (Fsp3) is 0.156. The van der Waals surface area contributed by atoms with Gasteiger partial charge in [0.1, 0.15) is 0 Å². The number of benzene rings is 4. The molecule has 9 heteroatoms. The molecule has 0 spiro atoms. The largest absolute Gasteiger partial charge is 0.480 e. The first kappa shape index (κ1) is 28.0. The molecule has 0 radical (unpaired) electrons. The second-order valence-corrected chi connectivity index (χ2v) is 10.1. The van der Waals surface area contributed by atoms with Crippen LogP contribution in [0, 0.1) is 0 Å². The lowest BCUT2D eigenvalue weighted by molar-refractivity contribution is -0.139. The van der Waals surface area contributed by atoms with Crippen molar-refractivity contribution in [1.29, 1.82) is 0 Å². The number of amides is 2. The second-order valence-electron chi connectivity index (χ2n) is 9.74. The number of aliphatic hydroxyl groups excluding tert-OH is 1. The van der Waals surface area contributed by atoms with Crippen LogP contribution in [0.3, 0.4) is 0 Å². The molecule has 0 saturated carbocycles. The molecule has 3 N–H and O–H groups in total. The molecule has 0 saturated heterocycles. The van der Waals surface area contributed by atoms with Crippen molar-refractivity contribution in [2.45, 2.75) is 12.6 Å². The maximum Gasteiger partial charge on any atom is 0.317 e. The normalized spacial score (nSPS) is 15.1. The maximum absolute atomic E-state index is 13.8. The molecule has 1 unspecified atom stereocenters. The Morgan fingerprint density at radius 2 is 1.59 bits per heavy atom. The van der Waals surface area contributed by atoms with E-state index in [0.29, 0.717) is 16.9 Å². The average molecular weight is 570 g/mol. The number of hydrogen-bond acceptors (Lipinski definition) is 5. The fourth-order valence-corrected chi connectivity index (χ4v) is 5.33. The molecule has 4 aromatic rings. The van der Waals surface area contributed by atoms with Crippen molar-refractivity contribution in [3.63, 3.8) is 0 Å². The van der Waals surface area contributed by atoms with E-state index in [9.17, 15) is 24.6 Å². The first-order valence-corrected chi connectivity index (χ1v) is 13.5. The first-order chi connectivity index (χ1) is 19.9. The highest BCUT2D eigenvalue weighted by Crippen LogP contribution is 2.31. The number of anilines is 2. The van der Waals surface area contributed by atoms with Gasteiger partial charge < -0.3 is 20.4 Å². The smallest absolute Gasteiger partial charge is 0.317 e. The van der Waals surface area contributed by atoms with Crippen LogP contribution in [-0.2, 0) is 11.3 Å². The Balaban J connectivity index is 1.40. The molecule has 0 aromatic heterocycles. The molecule has 0 bridgehead atoms. The lowest BCUT2D eigenvalue weighted by Gasteiger charge is -2.29. The van der Waals surface area contributed by atoms with E-state index in [4.69, 9.17) is 11.6 Å². The molecular formula is C32H28ClN3O5. The average Bonchev–Trinajstić information content (AvgIpc) is 3.13. The van der Waals surface area contributed by atoms with Crippen molar-refractivity contribution >= 4 is 40.8 Å². The van der Waals surface area contributed by atoms with E-state index in [1.165, 1.54) is 11.0 Å². The van der Waals surface area contributed by atoms with Crippen LogP contribution in [0.2, 0.25) is 5.02 Å². The zero-order chi connectivity index (χ0) is 28.9. The number of carboxylic acid groups (broad SMARTS) is 1. The highest BCUT2D eigenvalue weighted by atomic mass is 35.5. The van der Waals surface area contributed by atoms with Gasteiger partial charge in [0.2, 0.25) is 0 Å². The van der Waals surface area contributed by atoms with Gasteiger partial charge in [-0.15, -0.1) is 0 Å². The third-order valence-electron chi connectivity index (χ3n) is 7.07. The number of rotatable bonds is 7. The molecular weight excluding hydrogens is 542 g/mol. The zero-order valence-corrected chi connectivity index (χ0v) is 22.8. The Labute approximate surface area is 242 Å². The van der Waals surface area contributed by atoms with Crippen LogP contribution in [-0.4, -0.2) is 58.6 Å². The SMILES string of the molecule is O=C(O)CN1Cc2ccccc2N(C(=O)c2ccc(NC(=O)c3ccccc3-c3ccccc3)cc2Cl)CC1CO. The molecule has 8 nitrogen and oxygen atoms in total. The number of carbonyl (C=O) groups excluding carboxylic acids is 2. The number of carboxylic acids is 1. The van der Waals surface area contributed by atoms with Gasteiger partial charge in [-0.25, -0.2) is 0 Å². The number of carbonyl (C=O) groups is 3. The Kier molecular flexibility index (Phi) is 8.45. The standard InChI is InChI=1S/C32H28ClN3O5/c33-28-16-23(34-31(40)26-12-6-5-11-25(26)21-8-2-1-3-9-21)14-15-27(28)32(41)36-18-24(20-37)35(19-30(38)39)17-22-10-4-7-13-29(22)36/h1-16,24,37H,17-20H2,(H,34,40)(H,38,39). The van der Waals surface area contributed by atoms with Crippen LogP contribution in [0.15, 0.2) is 97.1 Å². The number of hydrogen-bond donors (Lipinski definition) is 3. The topological polar surface area (TPSA) is 110 Å². The maximum atomic E-state index is 13.8. The number of para-hydroxylation sites is 1. The minimum atomic E-state index is -1.02. The van der Waals surface area contributed by atoms with Crippen molar-refractivity contribution < 1.29 is 24.6 Å². The number of nitrogens with zero attached hydrogens (tertiary/aromatic N) is 2. The summed E-state index contributed by atoms with van der Waals surface area (Å²) in [6, 6.07) is 28.3. The molecule has 41 heavy (non-hydrogen) atoms. The number of nitrogens with one attached hydrogen (secondary N) is 1. The van der Waals surface area contributed by atoms with Gasteiger partial charge in [-0.1, -0.05) is 78.3 Å². The number of fused-ring (bicyclic) bond motifs is 1. The highest BCUT2D eigenvalue weighted by Gasteiger charge is 2.32. The summed E-state index contributed by atoms with van der Waals surface area (Å²) in [6.07, 6.45) is 0. The Morgan fingerprint density at radius 1 is 0.878 bits per heavy atom. The van der Waals surface area contributed by atoms with Crippen LogP contribution in [0.4, 0.5) is 11.4 Å². The summed E-state index contributed by atoms with van der Waals surface area (Å²) >= 11 is 6.60. The quantitative estimate of drug-likeness (QED) is 0.283. The minimum Gasteiger partial charge on any atom is -0.480 e. The van der Waals surface area contributed by atoms with Crippen LogP contribution in [0.1, 0.15) is 26.3 Å². The highest BCUT2D eigenvalue weighted by molar-refractivity contribution is 6.35. The molecule has 1 atom stereocenters. The Bertz CT molecular complexity index is 1590. The molecule has 1 heterocycles. The van der Waals surface area contributed by atoms with Crippen LogP contribution >= 0.6 is 11.6 Å². The van der Waals surface area contributed by atoms with Crippen molar-refractivity contribution in [3.8, 4) is 11.1 Å². The molecule has 1 aliphatic heterocycles. The molecule has 4 aromatic carbocycles. The predicted octanol–water partition coefficient (Wildman–Crippen LogP) is 5.17. The van der Waals surface area contributed by atoms with E-state index in [0.717, 1.165) is 16.7 Å². The van der Waals surface area contributed by atoms with Gasteiger partial charge >= 0.3 is 5.97 Å². The van der Waals surface area contributed by atoms with E-state index in [1.807, 2.05) is 54.6 Å². The first-order valence-electron chi connectivity index (χ1n) is 13.1. The Morgan fingerprint density at radius 3 is 2.32 bits per heavy atom. The molecule has 0 aliphatic carbocycles. The van der Waals surface area contributed by atoms with E-state index in [2.05, 4.69) is 5.32 Å². The fourth-order valence-electron chi connectivity index (χ4n) is 5.07. The lowest BCUT2D eigenvalue weighted by Crippen LogP contribution is -2.47. The van der Waals surface area contributed by atoms with Gasteiger partial charge in [-0.3, -0.25) is 19.3 Å². The van der Waals surface area contributed by atoms with Crippen molar-refractivity contribution in [3.05, 3.63) is 119 Å². The van der Waals surface area contributed by atoms with E-state index in [-0.39, 0.29) is 42.7 Å². The molecule has 208 valence electrons. The number of aliphatic hydroxyl groups is 1. The summed E-state index contributed by atoms with van der Waals surface area (Å²) in [5.41, 5.74) is 4.22. The molecule has 2 amide bonds. The van der Waals surface area contributed by atoms with Crippen molar-refractivity contribution in [2.75, 3.05) is 29.9 Å². The molecule has 0 fully saturated rings. The van der Waals surface area contributed by atoms with E-state index < -0.39 is 17.9 Å². The summed E-state index contributed by atoms with van der Waals surface area (Å²) < 4.78 is 0. The Hall–Kier alpha value is -4.50. The number of aliphatic carboxylic acids is 1. The summed E-state index contributed by atoms with van der Waals surface area (Å²) in [6.45, 7) is -0.260. The van der Waals surface area contributed by atoms with Crippen LogP contribution in [0.5, 0.6) is 0 Å². The minimum absolute atomic E-state index is 0.0741. The monoisotopic (exact) mass is 569 g/mol. The van der Waals surface area contributed by atoms with E-state index in [1.54, 1.807) is 41.3 Å². The van der Waals surface area contributed by atoms with E-state index >= 15 is 0 Å². The summed E-state index contributed by atoms with van der Waals surface area (Å²) in [5.74, 6) is -1.73. The van der Waals surface area contributed by atoms with Gasteiger partial charge in [0.15, 0.2) is 0 Å². The lowest BCUT2D eigenvalue weighted by atomic mass is 9.99. The third kappa shape index (κ3) is 6.15. The molecule has 5 rings (SSSR count). The predicted molar refractivity (Wildman–Crippen MR) is 158 cm³/mol. The number of halogens is 1. The summed E-state index contributed by atoms with van der Waals surface area (Å²) in [5, 5.41) is 22.5. The van der Waals surface area contributed by atoms with Crippen molar-refractivity contribution in [1.82, 2.24) is 4.90 Å². The van der Waals surface area contributed by atoms with Crippen molar-refractivity contribution in [2.24, 2.45) is 0 Å². The summed E-state index contributed by atoms with van der Waals surface area (Å²) in [7, 11) is 0. The van der Waals surface area contributed by atoms with Gasteiger partial charge in [0.25, 0.3) is 11.8 Å².